The van der Waals surface area contributed by atoms with E-state index in [0.29, 0.717) is 6.04 Å². The number of hydrogen-bond acceptors (Lipinski definition) is 3. The molecule has 1 aromatic carbocycles. The third-order valence-corrected chi connectivity index (χ3v) is 4.77. The maximum atomic E-state index is 6.56. The molecule has 2 aliphatic rings. The zero-order valence-corrected chi connectivity index (χ0v) is 13.9. The Kier molecular flexibility index (Phi) is 4.72. The van der Waals surface area contributed by atoms with Gasteiger partial charge in [0.15, 0.2) is 0 Å². The molecule has 1 unspecified atom stereocenters. The molecule has 1 aliphatic carbocycles. The maximum Gasteiger partial charge on any atom is 0.0643 e. The Hall–Kier alpha value is -0.770. The van der Waals surface area contributed by atoms with Gasteiger partial charge < -0.3 is 15.1 Å². The van der Waals surface area contributed by atoms with Gasteiger partial charge in [0.1, 0.15) is 0 Å². The van der Waals surface area contributed by atoms with E-state index in [1.165, 1.54) is 36.9 Å². The van der Waals surface area contributed by atoms with Crippen LogP contribution in [0.25, 0.3) is 0 Å². The van der Waals surface area contributed by atoms with Crippen LogP contribution in [-0.2, 0) is 6.54 Å². The highest BCUT2D eigenvalue weighted by Crippen LogP contribution is 2.35. The van der Waals surface area contributed by atoms with Crippen LogP contribution in [0.4, 0.5) is 5.69 Å². The summed E-state index contributed by atoms with van der Waals surface area (Å²) in [5, 5.41) is 4.52. The van der Waals surface area contributed by atoms with Crippen molar-refractivity contribution in [2.75, 3.05) is 32.1 Å². The Morgan fingerprint density at radius 1 is 1.29 bits per heavy atom. The summed E-state index contributed by atoms with van der Waals surface area (Å²) in [5.74, 6) is 0. The first-order chi connectivity index (χ1) is 10.1. The highest BCUT2D eigenvalue weighted by molar-refractivity contribution is 6.33. The van der Waals surface area contributed by atoms with Crippen molar-refractivity contribution in [3.63, 3.8) is 0 Å². The molecule has 3 rings (SSSR count). The molecule has 116 valence electrons. The first-order valence-corrected chi connectivity index (χ1v) is 8.45. The van der Waals surface area contributed by atoms with Crippen LogP contribution in [0.2, 0.25) is 5.02 Å². The van der Waals surface area contributed by atoms with E-state index in [0.717, 1.165) is 30.7 Å². The van der Waals surface area contributed by atoms with Crippen LogP contribution in [0.15, 0.2) is 18.2 Å². The molecule has 0 radical (unpaired) electrons. The first kappa shape index (κ1) is 15.1. The zero-order chi connectivity index (χ0) is 14.8. The number of nitrogens with one attached hydrogen (secondary N) is 1. The van der Waals surface area contributed by atoms with Gasteiger partial charge >= 0.3 is 0 Å². The second-order valence-corrected chi connectivity index (χ2v) is 7.06. The van der Waals surface area contributed by atoms with Crippen molar-refractivity contribution in [2.45, 2.75) is 44.3 Å². The smallest absolute Gasteiger partial charge is 0.0643 e. The number of likely N-dealkylation sites (N-methyl/N-ethyl adjacent to an activating group) is 1. The Bertz CT molecular complexity index is 485. The Balaban J connectivity index is 1.81. The van der Waals surface area contributed by atoms with Crippen molar-refractivity contribution in [3.05, 3.63) is 28.8 Å². The minimum atomic E-state index is 0.583. The van der Waals surface area contributed by atoms with E-state index in [4.69, 9.17) is 11.6 Å². The molecule has 3 nitrogen and oxygen atoms in total. The molecular formula is C17H26ClN3. The fraction of sp³-hybridized carbons (Fsp3) is 0.647. The molecule has 1 aliphatic heterocycles. The van der Waals surface area contributed by atoms with Crippen LogP contribution in [0, 0.1) is 0 Å². The van der Waals surface area contributed by atoms with Gasteiger partial charge in [-0.2, -0.15) is 0 Å². The Morgan fingerprint density at radius 3 is 2.81 bits per heavy atom. The van der Waals surface area contributed by atoms with Crippen molar-refractivity contribution in [1.82, 2.24) is 10.2 Å². The third kappa shape index (κ3) is 3.71. The van der Waals surface area contributed by atoms with E-state index >= 15 is 0 Å². The quantitative estimate of drug-likeness (QED) is 0.871. The van der Waals surface area contributed by atoms with Gasteiger partial charge in [-0.15, -0.1) is 0 Å². The molecule has 1 heterocycles. The lowest BCUT2D eigenvalue weighted by molar-refractivity contribution is 0.372. The zero-order valence-electron chi connectivity index (χ0n) is 13.1. The van der Waals surface area contributed by atoms with Crippen molar-refractivity contribution in [1.29, 1.82) is 0 Å². The topological polar surface area (TPSA) is 18.5 Å². The van der Waals surface area contributed by atoms with E-state index in [1.807, 2.05) is 6.07 Å². The minimum absolute atomic E-state index is 0.583. The van der Waals surface area contributed by atoms with Crippen LogP contribution in [0.5, 0.6) is 0 Å². The lowest BCUT2D eigenvalue weighted by Crippen LogP contribution is -2.38. The maximum absolute atomic E-state index is 6.56. The normalized spacial score (nSPS) is 22.3. The number of hydrogen-bond donors (Lipinski definition) is 1. The summed E-state index contributed by atoms with van der Waals surface area (Å²) in [4.78, 5) is 4.81. The molecule has 1 atom stereocenters. The average molecular weight is 308 g/mol. The molecule has 1 saturated heterocycles. The van der Waals surface area contributed by atoms with Gasteiger partial charge in [-0.25, -0.2) is 0 Å². The molecule has 0 aromatic heterocycles. The SMILES string of the molecule is CN(C)CC1CCCN1c1c(Cl)cccc1CNC1CC1. The summed E-state index contributed by atoms with van der Waals surface area (Å²) in [6.07, 6.45) is 5.17. The van der Waals surface area contributed by atoms with Gasteiger partial charge in [0, 0.05) is 31.7 Å². The van der Waals surface area contributed by atoms with Gasteiger partial charge in [0.25, 0.3) is 0 Å². The predicted octanol–water partition coefficient (Wildman–Crippen LogP) is 3.12. The van der Waals surface area contributed by atoms with E-state index in [1.54, 1.807) is 0 Å². The third-order valence-electron chi connectivity index (χ3n) is 4.47. The van der Waals surface area contributed by atoms with Crippen LogP contribution in [-0.4, -0.2) is 44.2 Å². The van der Waals surface area contributed by atoms with Crippen LogP contribution in [0.3, 0.4) is 0 Å². The van der Waals surface area contributed by atoms with Gasteiger partial charge in [0.2, 0.25) is 0 Å². The summed E-state index contributed by atoms with van der Waals surface area (Å²) in [6, 6.07) is 7.64. The highest BCUT2D eigenvalue weighted by atomic mass is 35.5. The van der Waals surface area contributed by atoms with Gasteiger partial charge in [-0.05, 0) is 51.4 Å². The largest absolute Gasteiger partial charge is 0.366 e. The number of benzene rings is 1. The first-order valence-electron chi connectivity index (χ1n) is 8.07. The number of para-hydroxylation sites is 1. The summed E-state index contributed by atoms with van der Waals surface area (Å²) >= 11 is 6.56. The fourth-order valence-corrected chi connectivity index (χ4v) is 3.61. The lowest BCUT2D eigenvalue weighted by Gasteiger charge is -2.31. The average Bonchev–Trinajstić information content (AvgIpc) is 3.16. The summed E-state index contributed by atoms with van der Waals surface area (Å²) < 4.78 is 0. The van der Waals surface area contributed by atoms with Gasteiger partial charge in [-0.1, -0.05) is 23.7 Å². The molecule has 0 bridgehead atoms. The minimum Gasteiger partial charge on any atom is -0.366 e. The van der Waals surface area contributed by atoms with E-state index in [9.17, 15) is 0 Å². The number of rotatable bonds is 6. The fourth-order valence-electron chi connectivity index (χ4n) is 3.31. The van der Waals surface area contributed by atoms with Gasteiger partial charge in [0.05, 0.1) is 10.7 Å². The number of anilines is 1. The Labute approximate surface area is 133 Å². The van der Waals surface area contributed by atoms with Crippen molar-refractivity contribution in [2.24, 2.45) is 0 Å². The van der Waals surface area contributed by atoms with Gasteiger partial charge in [-0.3, -0.25) is 0 Å². The standard InChI is InChI=1S/C17H26ClN3/c1-20(2)12-15-6-4-10-21(15)17-13(5-3-7-16(17)18)11-19-14-8-9-14/h3,5,7,14-15,19H,4,6,8-12H2,1-2H3. The van der Waals surface area contributed by atoms with Crippen molar-refractivity contribution in [3.8, 4) is 0 Å². The number of halogens is 1. The molecule has 2 fully saturated rings. The highest BCUT2D eigenvalue weighted by Gasteiger charge is 2.29. The second kappa shape index (κ2) is 6.55. The van der Waals surface area contributed by atoms with E-state index in [-0.39, 0.29) is 0 Å². The number of nitrogens with zero attached hydrogens (tertiary/aromatic N) is 2. The summed E-state index contributed by atoms with van der Waals surface area (Å²) in [7, 11) is 4.30. The summed E-state index contributed by atoms with van der Waals surface area (Å²) in [5.41, 5.74) is 2.61. The molecule has 4 heteroatoms. The van der Waals surface area contributed by atoms with Crippen molar-refractivity contribution >= 4 is 17.3 Å². The lowest BCUT2D eigenvalue weighted by atomic mass is 10.1. The monoisotopic (exact) mass is 307 g/mol. The van der Waals surface area contributed by atoms with Crippen LogP contribution >= 0.6 is 11.6 Å². The predicted molar refractivity (Wildman–Crippen MR) is 90.2 cm³/mol. The molecule has 0 amide bonds. The molecular weight excluding hydrogens is 282 g/mol. The van der Waals surface area contributed by atoms with Crippen LogP contribution < -0.4 is 10.2 Å². The summed E-state index contributed by atoms with van der Waals surface area (Å²) in [6.45, 7) is 3.16. The van der Waals surface area contributed by atoms with E-state index < -0.39 is 0 Å². The molecule has 1 aromatic rings. The molecule has 1 N–H and O–H groups in total. The van der Waals surface area contributed by atoms with Crippen molar-refractivity contribution < 1.29 is 0 Å². The Morgan fingerprint density at radius 2 is 2.10 bits per heavy atom. The van der Waals surface area contributed by atoms with Crippen LogP contribution in [0.1, 0.15) is 31.2 Å². The second-order valence-electron chi connectivity index (χ2n) is 6.65. The van der Waals surface area contributed by atoms with E-state index in [2.05, 4.69) is 41.3 Å². The molecule has 0 spiro atoms. The molecule has 21 heavy (non-hydrogen) atoms. The molecule has 1 saturated carbocycles.